The Balaban J connectivity index is 1.90. The van der Waals surface area contributed by atoms with Crippen molar-refractivity contribution in [2.24, 2.45) is 0 Å². The van der Waals surface area contributed by atoms with Crippen molar-refractivity contribution >= 4 is 39.4 Å². The zero-order valence-corrected chi connectivity index (χ0v) is 15.0. The number of sulfonamides is 1. The van der Waals surface area contributed by atoms with E-state index >= 15 is 0 Å². The third-order valence-corrected chi connectivity index (χ3v) is 5.83. The number of ether oxygens (including phenoxy) is 1. The van der Waals surface area contributed by atoms with Crippen LogP contribution in [0, 0.1) is 0 Å². The maximum Gasteiger partial charge on any atom is 0.339 e. The summed E-state index contributed by atoms with van der Waals surface area (Å²) < 4.78 is 32.5. The van der Waals surface area contributed by atoms with Gasteiger partial charge < -0.3 is 4.74 Å². The highest BCUT2D eigenvalue weighted by atomic mass is 35.5. The molecule has 0 amide bonds. The smallest absolute Gasteiger partial charge is 0.339 e. The summed E-state index contributed by atoms with van der Waals surface area (Å²) in [5.74, 6) is -0.628. The molecule has 0 heterocycles. The van der Waals surface area contributed by atoms with Crippen LogP contribution in [-0.4, -0.2) is 21.5 Å². The van der Waals surface area contributed by atoms with E-state index in [9.17, 15) is 13.2 Å². The number of aryl methyl sites for hydroxylation is 1. The van der Waals surface area contributed by atoms with Crippen LogP contribution in [0.15, 0.2) is 47.4 Å². The fraction of sp³-hybridized carbons (Fsp3) is 0.167. The number of carbonyl (C=O) groups excluding carboxylic acids is 1. The molecule has 0 atom stereocenters. The second kappa shape index (κ2) is 6.90. The van der Waals surface area contributed by atoms with Crippen LogP contribution in [0.25, 0.3) is 6.08 Å². The van der Waals surface area contributed by atoms with Crippen LogP contribution in [0.2, 0.25) is 5.02 Å². The molecule has 0 radical (unpaired) electrons. The van der Waals surface area contributed by atoms with E-state index in [2.05, 4.69) is 9.46 Å². The minimum Gasteiger partial charge on any atom is -0.465 e. The largest absolute Gasteiger partial charge is 0.465 e. The highest BCUT2D eigenvalue weighted by molar-refractivity contribution is 7.96. The van der Waals surface area contributed by atoms with Crippen LogP contribution in [0.5, 0.6) is 0 Å². The van der Waals surface area contributed by atoms with Gasteiger partial charge in [0.1, 0.15) is 0 Å². The SMILES string of the molecule is COC(=O)c1cc(NS(=O)(=O)C2=Cc3ccccc3CC2)ccc1Cl. The fourth-order valence-electron chi connectivity index (χ4n) is 2.69. The van der Waals surface area contributed by atoms with E-state index in [1.165, 1.54) is 25.3 Å². The molecule has 0 saturated heterocycles. The first-order chi connectivity index (χ1) is 11.9. The Labute approximate surface area is 151 Å². The first kappa shape index (κ1) is 17.5. The van der Waals surface area contributed by atoms with Gasteiger partial charge in [0.2, 0.25) is 0 Å². The number of carbonyl (C=O) groups is 1. The molecular formula is C18H16ClNO4S. The molecule has 1 N–H and O–H groups in total. The molecule has 3 rings (SSSR count). The first-order valence-corrected chi connectivity index (χ1v) is 9.46. The summed E-state index contributed by atoms with van der Waals surface area (Å²) in [5.41, 5.74) is 2.39. The Morgan fingerprint density at radius 3 is 2.68 bits per heavy atom. The summed E-state index contributed by atoms with van der Waals surface area (Å²) in [4.78, 5) is 12.0. The number of allylic oxidation sites excluding steroid dienone is 1. The van der Waals surface area contributed by atoms with Crippen molar-refractivity contribution in [3.63, 3.8) is 0 Å². The molecule has 0 unspecified atom stereocenters. The molecule has 130 valence electrons. The quantitative estimate of drug-likeness (QED) is 0.821. The van der Waals surface area contributed by atoms with Gasteiger partial charge in [-0.25, -0.2) is 13.2 Å². The highest BCUT2D eigenvalue weighted by Crippen LogP contribution is 2.29. The molecule has 7 heteroatoms. The highest BCUT2D eigenvalue weighted by Gasteiger charge is 2.22. The van der Waals surface area contributed by atoms with Crippen molar-refractivity contribution in [3.05, 3.63) is 69.1 Å². The summed E-state index contributed by atoms with van der Waals surface area (Å²) in [6.07, 6.45) is 2.76. The molecule has 0 bridgehead atoms. The van der Waals surface area contributed by atoms with E-state index in [4.69, 9.17) is 11.6 Å². The molecule has 2 aromatic rings. The summed E-state index contributed by atoms with van der Waals surface area (Å²) in [6.45, 7) is 0. The molecule has 25 heavy (non-hydrogen) atoms. The number of methoxy groups -OCH3 is 1. The van der Waals surface area contributed by atoms with Crippen molar-refractivity contribution in [2.75, 3.05) is 11.8 Å². The van der Waals surface area contributed by atoms with Crippen LogP contribution in [0.3, 0.4) is 0 Å². The lowest BCUT2D eigenvalue weighted by Crippen LogP contribution is -2.17. The molecule has 0 saturated carbocycles. The average molecular weight is 378 g/mol. The van der Waals surface area contributed by atoms with E-state index in [1.54, 1.807) is 6.08 Å². The van der Waals surface area contributed by atoms with Gasteiger partial charge in [-0.05, 0) is 48.2 Å². The molecule has 0 spiro atoms. The summed E-state index contributed by atoms with van der Waals surface area (Å²) >= 11 is 5.96. The number of hydrogen-bond donors (Lipinski definition) is 1. The number of benzene rings is 2. The van der Waals surface area contributed by atoms with Gasteiger partial charge in [0, 0.05) is 5.69 Å². The topological polar surface area (TPSA) is 72.5 Å². The molecule has 0 fully saturated rings. The van der Waals surface area contributed by atoms with Gasteiger partial charge in [-0.3, -0.25) is 4.72 Å². The van der Waals surface area contributed by atoms with E-state index in [0.717, 1.165) is 11.1 Å². The zero-order valence-electron chi connectivity index (χ0n) is 13.5. The van der Waals surface area contributed by atoms with E-state index in [0.29, 0.717) is 17.7 Å². The van der Waals surface area contributed by atoms with Crippen molar-refractivity contribution in [1.29, 1.82) is 0 Å². The van der Waals surface area contributed by atoms with E-state index in [1.807, 2.05) is 24.3 Å². The molecule has 5 nitrogen and oxygen atoms in total. The second-order valence-electron chi connectivity index (χ2n) is 5.60. The normalized spacial score (nSPS) is 13.6. The van der Waals surface area contributed by atoms with Crippen LogP contribution >= 0.6 is 11.6 Å². The van der Waals surface area contributed by atoms with Crippen LogP contribution in [0.4, 0.5) is 5.69 Å². The van der Waals surface area contributed by atoms with Gasteiger partial charge >= 0.3 is 5.97 Å². The number of nitrogens with one attached hydrogen (secondary N) is 1. The number of anilines is 1. The Bertz CT molecular complexity index is 967. The van der Waals surface area contributed by atoms with Crippen molar-refractivity contribution < 1.29 is 17.9 Å². The zero-order chi connectivity index (χ0) is 18.0. The third kappa shape index (κ3) is 3.70. The first-order valence-electron chi connectivity index (χ1n) is 7.60. The Kier molecular flexibility index (Phi) is 4.83. The number of hydrogen-bond acceptors (Lipinski definition) is 4. The van der Waals surface area contributed by atoms with Crippen LogP contribution in [0.1, 0.15) is 27.9 Å². The monoisotopic (exact) mass is 377 g/mol. The van der Waals surface area contributed by atoms with Crippen molar-refractivity contribution in [1.82, 2.24) is 0 Å². The maximum absolute atomic E-state index is 12.7. The van der Waals surface area contributed by atoms with Gasteiger partial charge in [-0.15, -0.1) is 0 Å². The van der Waals surface area contributed by atoms with Crippen molar-refractivity contribution in [2.45, 2.75) is 12.8 Å². The Hall–Kier alpha value is -2.31. The molecule has 1 aliphatic rings. The average Bonchev–Trinajstić information content (AvgIpc) is 2.62. The standard InChI is InChI=1S/C18H16ClNO4S/c1-24-18(21)16-11-14(7-9-17(16)19)20-25(22,23)15-8-6-12-4-2-3-5-13(12)10-15/h2-5,7,9-11,20H,6,8H2,1H3. The van der Waals surface area contributed by atoms with Crippen molar-refractivity contribution in [3.8, 4) is 0 Å². The van der Waals surface area contributed by atoms with Crippen LogP contribution < -0.4 is 4.72 Å². The Morgan fingerprint density at radius 2 is 1.92 bits per heavy atom. The van der Waals surface area contributed by atoms with E-state index in [-0.39, 0.29) is 16.3 Å². The van der Waals surface area contributed by atoms with Gasteiger partial charge in [0.15, 0.2) is 0 Å². The number of rotatable bonds is 4. The lowest BCUT2D eigenvalue weighted by atomic mass is 9.98. The molecule has 0 aromatic heterocycles. The Morgan fingerprint density at radius 1 is 1.16 bits per heavy atom. The summed E-state index contributed by atoms with van der Waals surface area (Å²) in [5, 5.41) is 0.195. The third-order valence-electron chi connectivity index (χ3n) is 3.98. The van der Waals surface area contributed by atoms with Gasteiger partial charge in [-0.2, -0.15) is 0 Å². The predicted octanol–water partition coefficient (Wildman–Crippen LogP) is 3.86. The number of esters is 1. The second-order valence-corrected chi connectivity index (χ2v) is 7.74. The lowest BCUT2D eigenvalue weighted by Gasteiger charge is -2.17. The minimum atomic E-state index is -3.73. The van der Waals surface area contributed by atoms with Crippen LogP contribution in [-0.2, 0) is 21.2 Å². The molecule has 0 aliphatic heterocycles. The molecular weight excluding hydrogens is 362 g/mol. The number of fused-ring (bicyclic) bond motifs is 1. The predicted molar refractivity (Wildman–Crippen MR) is 98.1 cm³/mol. The van der Waals surface area contributed by atoms with Gasteiger partial charge in [0.25, 0.3) is 10.0 Å². The van der Waals surface area contributed by atoms with E-state index < -0.39 is 16.0 Å². The summed E-state index contributed by atoms with van der Waals surface area (Å²) in [6, 6.07) is 12.0. The molecule has 2 aromatic carbocycles. The maximum atomic E-state index is 12.7. The lowest BCUT2D eigenvalue weighted by molar-refractivity contribution is 0.0601. The van der Waals surface area contributed by atoms with Gasteiger partial charge in [-0.1, -0.05) is 35.9 Å². The number of halogens is 1. The molecule has 1 aliphatic carbocycles. The van der Waals surface area contributed by atoms with Gasteiger partial charge in [0.05, 0.1) is 22.6 Å². The minimum absolute atomic E-state index is 0.104. The summed E-state index contributed by atoms with van der Waals surface area (Å²) in [7, 11) is -2.49. The fourth-order valence-corrected chi connectivity index (χ4v) is 4.11.